The molecule has 52 heavy (non-hydrogen) atoms. The summed E-state index contributed by atoms with van der Waals surface area (Å²) in [7, 11) is -4.19. The van der Waals surface area contributed by atoms with Crippen molar-refractivity contribution in [3.8, 4) is 5.75 Å². The summed E-state index contributed by atoms with van der Waals surface area (Å²) in [6.07, 6.45) is 0.411. The van der Waals surface area contributed by atoms with E-state index in [4.69, 9.17) is 24.7 Å². The number of carbonyl (C=O) groups excluding carboxylic acids is 2. The molecule has 1 amide bonds. The van der Waals surface area contributed by atoms with Crippen molar-refractivity contribution >= 4 is 27.8 Å². The van der Waals surface area contributed by atoms with Gasteiger partial charge in [0.15, 0.2) is 0 Å². The van der Waals surface area contributed by atoms with Crippen LogP contribution in [0.1, 0.15) is 51.2 Å². The van der Waals surface area contributed by atoms with Gasteiger partial charge in [-0.25, -0.2) is 13.2 Å². The van der Waals surface area contributed by atoms with Gasteiger partial charge in [-0.2, -0.15) is 4.31 Å². The second-order valence-corrected chi connectivity index (χ2v) is 15.2. The Balaban J connectivity index is 1.64. The van der Waals surface area contributed by atoms with Crippen molar-refractivity contribution < 1.29 is 37.0 Å². The first-order valence-corrected chi connectivity index (χ1v) is 19.1. The van der Waals surface area contributed by atoms with E-state index in [-0.39, 0.29) is 49.0 Å². The average molecular weight is 739 g/mol. The van der Waals surface area contributed by atoms with Crippen LogP contribution in [-0.2, 0) is 41.9 Å². The van der Waals surface area contributed by atoms with Gasteiger partial charge in [-0.05, 0) is 77.9 Å². The third-order valence-electron chi connectivity index (χ3n) is 8.46. The van der Waals surface area contributed by atoms with Crippen molar-refractivity contribution in [1.29, 1.82) is 0 Å². The Morgan fingerprint density at radius 3 is 2.29 bits per heavy atom. The minimum Gasteiger partial charge on any atom is -0.494 e. The number of nitroso groups, excluding NO2 is 1. The molecule has 1 saturated heterocycles. The SMILES string of the molecule is CCCCOc1ccc(C[C@H](N)C(=O)O[C@H](CN(CC(C)C)S(=O)(=O)c2ccc(N=O)cc2)[C@H](Cc2ccccc2)NC(=O)O[C@H]2CCOC2)cc1. The van der Waals surface area contributed by atoms with Crippen molar-refractivity contribution in [2.75, 3.05) is 32.9 Å². The van der Waals surface area contributed by atoms with E-state index in [2.05, 4.69) is 17.4 Å². The predicted molar refractivity (Wildman–Crippen MR) is 197 cm³/mol. The summed E-state index contributed by atoms with van der Waals surface area (Å²) in [5.41, 5.74) is 8.07. The standard InChI is InChI=1S/C38H50N4O9S/c1-4-5-20-49-31-15-11-29(12-16-31)22-34(39)37(43)51-36(25-42(24-27(2)3)52(46,47)33-17-13-30(41-45)14-18-33)35(23-28-9-7-6-8-10-28)40-38(44)50-32-19-21-48-26-32/h6-18,27,32,34-36H,4-5,19-26,39H2,1-3H3,(H,40,44)/t32-,34-,35-,36+/m0/s1. The van der Waals surface area contributed by atoms with E-state index in [0.29, 0.717) is 25.4 Å². The molecule has 1 heterocycles. The lowest BCUT2D eigenvalue weighted by Crippen LogP contribution is -2.54. The number of nitrogens with zero attached hydrogens (tertiary/aromatic N) is 2. The molecule has 1 aliphatic rings. The van der Waals surface area contributed by atoms with Crippen molar-refractivity contribution in [1.82, 2.24) is 9.62 Å². The first-order chi connectivity index (χ1) is 25.0. The molecule has 0 spiro atoms. The molecule has 4 atom stereocenters. The number of sulfonamides is 1. The van der Waals surface area contributed by atoms with Crippen LogP contribution in [0.25, 0.3) is 0 Å². The Morgan fingerprint density at radius 1 is 0.981 bits per heavy atom. The van der Waals surface area contributed by atoms with E-state index in [1.807, 2.05) is 68.4 Å². The topological polar surface area (TPSA) is 176 Å². The maximum Gasteiger partial charge on any atom is 0.407 e. The normalized spacial score (nSPS) is 16.2. The van der Waals surface area contributed by atoms with Crippen molar-refractivity contribution in [3.05, 3.63) is 94.9 Å². The van der Waals surface area contributed by atoms with Gasteiger partial charge in [0.25, 0.3) is 0 Å². The Morgan fingerprint density at radius 2 is 1.67 bits per heavy atom. The van der Waals surface area contributed by atoms with E-state index < -0.39 is 46.4 Å². The highest BCUT2D eigenvalue weighted by atomic mass is 32.2. The molecule has 0 aliphatic carbocycles. The zero-order valence-corrected chi connectivity index (χ0v) is 30.8. The van der Waals surface area contributed by atoms with E-state index in [1.165, 1.54) is 28.6 Å². The maximum absolute atomic E-state index is 14.1. The van der Waals surface area contributed by atoms with Gasteiger partial charge >= 0.3 is 12.1 Å². The monoisotopic (exact) mass is 738 g/mol. The van der Waals surface area contributed by atoms with Crippen LogP contribution in [0.3, 0.4) is 0 Å². The fourth-order valence-electron chi connectivity index (χ4n) is 5.67. The lowest BCUT2D eigenvalue weighted by Gasteiger charge is -2.33. The Labute approximate surface area is 306 Å². The van der Waals surface area contributed by atoms with Gasteiger partial charge in [-0.3, -0.25) is 4.79 Å². The number of nitrogens with two attached hydrogens (primary N) is 1. The third-order valence-corrected chi connectivity index (χ3v) is 10.3. The second-order valence-electron chi connectivity index (χ2n) is 13.3. The molecular weight excluding hydrogens is 689 g/mol. The molecule has 1 fully saturated rings. The number of nitrogens with one attached hydrogen (secondary N) is 1. The van der Waals surface area contributed by atoms with Gasteiger partial charge in [0.2, 0.25) is 10.0 Å². The van der Waals surface area contributed by atoms with Crippen molar-refractivity contribution in [2.45, 2.75) is 82.1 Å². The van der Waals surface area contributed by atoms with E-state index in [9.17, 15) is 22.9 Å². The minimum atomic E-state index is -4.19. The van der Waals surface area contributed by atoms with E-state index in [1.54, 1.807) is 0 Å². The second kappa shape index (κ2) is 20.0. The molecular formula is C38H50N4O9S. The van der Waals surface area contributed by atoms with Crippen LogP contribution < -0.4 is 15.8 Å². The highest BCUT2D eigenvalue weighted by Crippen LogP contribution is 2.24. The molecule has 14 heteroatoms. The molecule has 0 aromatic heterocycles. The predicted octanol–water partition coefficient (Wildman–Crippen LogP) is 5.52. The van der Waals surface area contributed by atoms with Gasteiger partial charge in [-0.15, -0.1) is 4.91 Å². The number of hydrogen-bond donors (Lipinski definition) is 2. The first-order valence-electron chi connectivity index (χ1n) is 17.7. The molecule has 3 N–H and O–H groups in total. The van der Waals surface area contributed by atoms with Crippen LogP contribution in [0.15, 0.2) is 88.9 Å². The summed E-state index contributed by atoms with van der Waals surface area (Å²) in [6.45, 7) is 6.87. The maximum atomic E-state index is 14.1. The fourth-order valence-corrected chi connectivity index (χ4v) is 7.29. The molecule has 0 radical (unpaired) electrons. The molecule has 0 unspecified atom stereocenters. The van der Waals surface area contributed by atoms with E-state index in [0.717, 1.165) is 24.0 Å². The summed E-state index contributed by atoms with van der Waals surface area (Å²) >= 11 is 0. The van der Waals surface area contributed by atoms with Gasteiger partial charge in [0, 0.05) is 13.0 Å². The van der Waals surface area contributed by atoms with E-state index >= 15 is 0 Å². The number of ether oxygens (including phenoxy) is 4. The van der Waals surface area contributed by atoms with Crippen LogP contribution >= 0.6 is 0 Å². The van der Waals surface area contributed by atoms with Crippen LogP contribution in [0.4, 0.5) is 10.5 Å². The zero-order valence-electron chi connectivity index (χ0n) is 30.0. The lowest BCUT2D eigenvalue weighted by molar-refractivity contribution is -0.152. The third kappa shape index (κ3) is 12.4. The van der Waals surface area contributed by atoms with Crippen molar-refractivity contribution in [2.24, 2.45) is 16.8 Å². The molecule has 3 aromatic carbocycles. The van der Waals surface area contributed by atoms with Gasteiger partial charge in [0.05, 0.1) is 37.3 Å². The first kappa shape index (κ1) is 40.4. The van der Waals surface area contributed by atoms with Gasteiger partial charge in [0.1, 0.15) is 29.7 Å². The number of hydrogen-bond acceptors (Lipinski definition) is 11. The summed E-state index contributed by atoms with van der Waals surface area (Å²) in [4.78, 5) is 38.0. The number of rotatable bonds is 20. The Bertz CT molecular complexity index is 1670. The Kier molecular flexibility index (Phi) is 15.6. The molecule has 3 aromatic rings. The zero-order chi connectivity index (χ0) is 37.5. The summed E-state index contributed by atoms with van der Waals surface area (Å²) in [5.74, 6) is -0.192. The van der Waals surface area contributed by atoms with Crippen LogP contribution in [0.5, 0.6) is 5.75 Å². The summed E-state index contributed by atoms with van der Waals surface area (Å²) in [6, 6.07) is 19.7. The minimum absolute atomic E-state index is 0.0602. The highest BCUT2D eigenvalue weighted by molar-refractivity contribution is 7.89. The largest absolute Gasteiger partial charge is 0.494 e. The molecule has 1 aliphatic heterocycles. The van der Waals surface area contributed by atoms with Gasteiger partial charge < -0.3 is 30.0 Å². The van der Waals surface area contributed by atoms with Crippen LogP contribution in [0, 0.1) is 10.8 Å². The number of unbranched alkanes of at least 4 members (excludes halogenated alkanes) is 1. The smallest absolute Gasteiger partial charge is 0.407 e. The van der Waals surface area contributed by atoms with Gasteiger partial charge in [-0.1, -0.05) is 69.7 Å². The van der Waals surface area contributed by atoms with Crippen molar-refractivity contribution in [3.63, 3.8) is 0 Å². The fraction of sp³-hybridized carbons (Fsp3) is 0.474. The van der Waals surface area contributed by atoms with Crippen LogP contribution in [-0.4, -0.2) is 82.0 Å². The summed E-state index contributed by atoms with van der Waals surface area (Å²) in [5, 5.41) is 5.73. The Hall–Kier alpha value is -4.37. The lowest BCUT2D eigenvalue weighted by atomic mass is 10.0. The number of amides is 1. The number of alkyl carbamates (subject to hydrolysis) is 1. The molecule has 0 saturated carbocycles. The molecule has 13 nitrogen and oxygen atoms in total. The average Bonchev–Trinajstić information content (AvgIpc) is 3.64. The van der Waals surface area contributed by atoms with Crippen LogP contribution in [0.2, 0.25) is 0 Å². The molecule has 0 bridgehead atoms. The number of esters is 1. The quantitative estimate of drug-likeness (QED) is 0.0853. The number of benzene rings is 3. The molecule has 282 valence electrons. The molecule has 4 rings (SSSR count). The highest BCUT2D eigenvalue weighted by Gasteiger charge is 2.36. The summed E-state index contributed by atoms with van der Waals surface area (Å²) < 4.78 is 52.3. The number of carbonyl (C=O) groups is 2.